The van der Waals surface area contributed by atoms with Crippen LogP contribution in [0.25, 0.3) is 10.9 Å². The first-order valence-electron chi connectivity index (χ1n) is 13.9. The van der Waals surface area contributed by atoms with Crippen molar-refractivity contribution in [3.8, 4) is 11.5 Å². The second kappa shape index (κ2) is 13.0. The standard InChI is InChI=1S/C30H32F3N5O4S/c1-41-24-6-4-5-22(17-24)36-28-26-7-2-3-8-27(26)37-29(38-28)34-18-20-9-11-21(12-10-20)19-35-43(39,40)25-15-13-23(14-16-25)42-30(31,32)33/h2-8,13-17,20-21,35H,9-12,18-19H2,1H3,(H2,34,36,37,38). The molecule has 228 valence electrons. The average molecular weight is 616 g/mol. The van der Waals surface area contributed by atoms with Gasteiger partial charge in [0.2, 0.25) is 16.0 Å². The fourth-order valence-corrected chi connectivity index (χ4v) is 6.21. The van der Waals surface area contributed by atoms with Gasteiger partial charge in [0, 0.05) is 30.2 Å². The zero-order valence-electron chi connectivity index (χ0n) is 23.4. The van der Waals surface area contributed by atoms with Crippen LogP contribution in [-0.4, -0.2) is 44.9 Å². The lowest BCUT2D eigenvalue weighted by Gasteiger charge is -2.28. The van der Waals surface area contributed by atoms with Crippen molar-refractivity contribution < 1.29 is 31.1 Å². The van der Waals surface area contributed by atoms with E-state index in [4.69, 9.17) is 14.7 Å². The molecule has 0 unspecified atom stereocenters. The molecule has 0 bridgehead atoms. The quantitative estimate of drug-likeness (QED) is 0.176. The van der Waals surface area contributed by atoms with Crippen molar-refractivity contribution in [2.75, 3.05) is 30.8 Å². The number of halogens is 3. The number of ether oxygens (including phenoxy) is 2. The minimum absolute atomic E-state index is 0.115. The lowest BCUT2D eigenvalue weighted by molar-refractivity contribution is -0.274. The van der Waals surface area contributed by atoms with Crippen LogP contribution < -0.4 is 24.8 Å². The van der Waals surface area contributed by atoms with Gasteiger partial charge in [-0.3, -0.25) is 0 Å². The van der Waals surface area contributed by atoms with E-state index in [0.29, 0.717) is 24.2 Å². The summed E-state index contributed by atoms with van der Waals surface area (Å²) in [6.45, 7) is 0.943. The Balaban J connectivity index is 1.13. The number of nitrogens with zero attached hydrogens (tertiary/aromatic N) is 2. The molecule has 0 atom stereocenters. The molecule has 3 N–H and O–H groups in total. The molecule has 1 fully saturated rings. The van der Waals surface area contributed by atoms with E-state index in [-0.39, 0.29) is 17.4 Å². The molecule has 43 heavy (non-hydrogen) atoms. The lowest BCUT2D eigenvalue weighted by atomic mass is 9.82. The summed E-state index contributed by atoms with van der Waals surface area (Å²) in [6, 6.07) is 19.5. The van der Waals surface area contributed by atoms with Gasteiger partial charge >= 0.3 is 6.36 Å². The topological polar surface area (TPSA) is 114 Å². The van der Waals surface area contributed by atoms with Crippen LogP contribution in [0.15, 0.2) is 77.7 Å². The Bertz CT molecular complexity index is 1640. The van der Waals surface area contributed by atoms with Gasteiger partial charge in [0.05, 0.1) is 17.5 Å². The average Bonchev–Trinajstić information content (AvgIpc) is 2.99. The third kappa shape index (κ3) is 8.26. The van der Waals surface area contributed by atoms with Crippen LogP contribution >= 0.6 is 0 Å². The van der Waals surface area contributed by atoms with E-state index < -0.39 is 22.1 Å². The predicted molar refractivity (Wildman–Crippen MR) is 158 cm³/mol. The van der Waals surface area contributed by atoms with Gasteiger partial charge in [-0.2, -0.15) is 4.98 Å². The number of benzene rings is 3. The Morgan fingerprint density at radius 1 is 0.860 bits per heavy atom. The molecule has 0 saturated heterocycles. The summed E-state index contributed by atoms with van der Waals surface area (Å²) in [6.07, 6.45) is -1.34. The minimum atomic E-state index is -4.84. The van der Waals surface area contributed by atoms with Gasteiger partial charge in [0.15, 0.2) is 0 Å². The maximum absolute atomic E-state index is 12.7. The molecule has 1 aliphatic carbocycles. The van der Waals surface area contributed by atoms with Crippen LogP contribution in [-0.2, 0) is 10.0 Å². The highest BCUT2D eigenvalue weighted by Gasteiger charge is 2.31. The molecule has 1 aromatic heterocycles. The highest BCUT2D eigenvalue weighted by Crippen LogP contribution is 2.31. The molecule has 4 aromatic rings. The first-order chi connectivity index (χ1) is 20.6. The summed E-state index contributed by atoms with van der Waals surface area (Å²) in [5.41, 5.74) is 1.65. The van der Waals surface area contributed by atoms with Gasteiger partial charge in [-0.1, -0.05) is 18.2 Å². The second-order valence-electron chi connectivity index (χ2n) is 10.4. The summed E-state index contributed by atoms with van der Waals surface area (Å²) in [5, 5.41) is 7.66. The van der Waals surface area contributed by atoms with Crippen LogP contribution in [0.2, 0.25) is 0 Å². The van der Waals surface area contributed by atoms with Crippen molar-refractivity contribution >= 4 is 38.4 Å². The Morgan fingerprint density at radius 2 is 1.56 bits per heavy atom. The van der Waals surface area contributed by atoms with Gasteiger partial charge in [-0.05, 0) is 86.1 Å². The molecule has 5 rings (SSSR count). The number of methoxy groups -OCH3 is 1. The fourth-order valence-electron chi connectivity index (χ4n) is 5.10. The summed E-state index contributed by atoms with van der Waals surface area (Å²) >= 11 is 0. The molecule has 0 amide bonds. The predicted octanol–water partition coefficient (Wildman–Crippen LogP) is 6.48. The molecule has 1 saturated carbocycles. The van der Waals surface area contributed by atoms with Gasteiger partial charge < -0.3 is 20.1 Å². The maximum atomic E-state index is 12.7. The third-order valence-electron chi connectivity index (χ3n) is 7.38. The smallest absolute Gasteiger partial charge is 0.497 e. The number of nitrogens with one attached hydrogen (secondary N) is 3. The SMILES string of the molecule is COc1cccc(Nc2nc(NCC3CCC(CNS(=O)(=O)c4ccc(OC(F)(F)F)cc4)CC3)nc3ccccc23)c1. The Labute approximate surface area is 247 Å². The van der Waals surface area contributed by atoms with Crippen molar-refractivity contribution in [3.05, 3.63) is 72.8 Å². The monoisotopic (exact) mass is 615 g/mol. The number of alkyl halides is 3. The number of hydrogen-bond acceptors (Lipinski definition) is 8. The van der Waals surface area contributed by atoms with Crippen molar-refractivity contribution in [3.63, 3.8) is 0 Å². The Kier molecular flexibility index (Phi) is 9.21. The van der Waals surface area contributed by atoms with E-state index in [1.807, 2.05) is 48.5 Å². The van der Waals surface area contributed by atoms with E-state index >= 15 is 0 Å². The number of rotatable bonds is 11. The number of sulfonamides is 1. The number of anilines is 3. The molecule has 1 aliphatic rings. The molecule has 3 aromatic carbocycles. The molecule has 0 aliphatic heterocycles. The van der Waals surface area contributed by atoms with Crippen LogP contribution in [0.4, 0.5) is 30.6 Å². The van der Waals surface area contributed by atoms with E-state index in [1.165, 1.54) is 0 Å². The summed E-state index contributed by atoms with van der Waals surface area (Å²) < 4.78 is 74.1. The van der Waals surface area contributed by atoms with Crippen LogP contribution in [0, 0.1) is 11.8 Å². The second-order valence-corrected chi connectivity index (χ2v) is 12.2. The largest absolute Gasteiger partial charge is 0.573 e. The number of aromatic nitrogens is 2. The minimum Gasteiger partial charge on any atom is -0.497 e. The zero-order valence-corrected chi connectivity index (χ0v) is 24.2. The van der Waals surface area contributed by atoms with E-state index in [0.717, 1.165) is 72.3 Å². The van der Waals surface area contributed by atoms with E-state index in [9.17, 15) is 21.6 Å². The molecule has 1 heterocycles. The molecule has 0 spiro atoms. The molecule has 13 heteroatoms. The van der Waals surface area contributed by atoms with E-state index in [1.54, 1.807) is 7.11 Å². The molecular weight excluding hydrogens is 583 g/mol. The first kappa shape index (κ1) is 30.4. The van der Waals surface area contributed by atoms with Gasteiger partial charge in [-0.25, -0.2) is 18.1 Å². The van der Waals surface area contributed by atoms with Gasteiger partial charge in [-0.15, -0.1) is 13.2 Å². The Hall–Kier alpha value is -4.10. The fraction of sp³-hybridized carbons (Fsp3) is 0.333. The zero-order chi connectivity index (χ0) is 30.5. The lowest BCUT2D eigenvalue weighted by Crippen LogP contribution is -2.32. The van der Waals surface area contributed by atoms with E-state index in [2.05, 4.69) is 20.1 Å². The normalized spacial score (nSPS) is 17.4. The van der Waals surface area contributed by atoms with Crippen molar-refractivity contribution in [2.24, 2.45) is 11.8 Å². The van der Waals surface area contributed by atoms with Crippen molar-refractivity contribution in [1.82, 2.24) is 14.7 Å². The Morgan fingerprint density at radius 3 is 2.26 bits per heavy atom. The van der Waals surface area contributed by atoms with Gasteiger partial charge in [0.25, 0.3) is 0 Å². The number of fused-ring (bicyclic) bond motifs is 1. The highest BCUT2D eigenvalue weighted by molar-refractivity contribution is 7.89. The molecular formula is C30H32F3N5O4S. The number of para-hydroxylation sites is 1. The van der Waals surface area contributed by atoms with Crippen LogP contribution in [0.5, 0.6) is 11.5 Å². The first-order valence-corrected chi connectivity index (χ1v) is 15.3. The van der Waals surface area contributed by atoms with Crippen LogP contribution in [0.3, 0.4) is 0 Å². The molecule has 0 radical (unpaired) electrons. The third-order valence-corrected chi connectivity index (χ3v) is 8.82. The highest BCUT2D eigenvalue weighted by atomic mass is 32.2. The van der Waals surface area contributed by atoms with Gasteiger partial charge in [0.1, 0.15) is 17.3 Å². The molecule has 9 nitrogen and oxygen atoms in total. The number of hydrogen-bond donors (Lipinski definition) is 3. The van der Waals surface area contributed by atoms with Crippen LogP contribution in [0.1, 0.15) is 25.7 Å². The summed E-state index contributed by atoms with van der Waals surface area (Å²) in [4.78, 5) is 9.32. The summed E-state index contributed by atoms with van der Waals surface area (Å²) in [7, 11) is -2.24. The van der Waals surface area contributed by atoms with Crippen molar-refractivity contribution in [2.45, 2.75) is 36.9 Å². The summed E-state index contributed by atoms with van der Waals surface area (Å²) in [5.74, 6) is 1.99. The maximum Gasteiger partial charge on any atom is 0.573 e. The van der Waals surface area contributed by atoms with Crippen molar-refractivity contribution in [1.29, 1.82) is 0 Å².